The summed E-state index contributed by atoms with van der Waals surface area (Å²) in [6.45, 7) is 25.5. The number of rotatable bonds is 7. The van der Waals surface area contributed by atoms with E-state index in [-0.39, 0.29) is 40.0 Å². The molecule has 0 radical (unpaired) electrons. The lowest BCUT2D eigenvalue weighted by atomic mass is 9.52. The SMILES string of the molecule is CCC1C(=O)[C@@H]2CC[C@H](O[Si](C)(C)C(C)(C)C)[C@@H](C#C[C@H](CC3CCCC3)O[Si](C)(C)C(C)(C)C)[C@H]12. The van der Waals surface area contributed by atoms with Crippen molar-refractivity contribution in [2.75, 3.05) is 0 Å². The summed E-state index contributed by atoms with van der Waals surface area (Å²) in [5.74, 6) is 9.62. The van der Waals surface area contributed by atoms with E-state index in [1.165, 1.54) is 25.7 Å². The minimum absolute atomic E-state index is 0.00116. The maximum atomic E-state index is 12.9. The average molecular weight is 533 g/mol. The molecule has 0 amide bonds. The predicted octanol–water partition coefficient (Wildman–Crippen LogP) is 8.60. The van der Waals surface area contributed by atoms with Gasteiger partial charge in [0.25, 0.3) is 0 Å². The fourth-order valence-electron chi connectivity index (χ4n) is 6.18. The van der Waals surface area contributed by atoms with Crippen molar-refractivity contribution in [2.45, 2.75) is 148 Å². The highest BCUT2D eigenvalue weighted by molar-refractivity contribution is 6.74. The lowest BCUT2D eigenvalue weighted by Gasteiger charge is -2.53. The summed E-state index contributed by atoms with van der Waals surface area (Å²) in [5.41, 5.74) is 0. The maximum absolute atomic E-state index is 12.9. The lowest BCUT2D eigenvalue weighted by molar-refractivity contribution is -0.153. The highest BCUT2D eigenvalue weighted by Gasteiger charge is 2.57. The molecule has 206 valence electrons. The van der Waals surface area contributed by atoms with Crippen LogP contribution in [0.25, 0.3) is 0 Å². The molecule has 3 saturated carbocycles. The summed E-state index contributed by atoms with van der Waals surface area (Å²) in [5, 5.41) is 0.331. The molecule has 3 rings (SSSR count). The van der Waals surface area contributed by atoms with Gasteiger partial charge in [0.1, 0.15) is 11.9 Å². The zero-order valence-electron chi connectivity index (χ0n) is 25.4. The van der Waals surface area contributed by atoms with E-state index in [4.69, 9.17) is 8.85 Å². The van der Waals surface area contributed by atoms with Gasteiger partial charge in [0.2, 0.25) is 0 Å². The third-order valence-electron chi connectivity index (χ3n) is 10.6. The molecule has 0 bridgehead atoms. The van der Waals surface area contributed by atoms with E-state index in [0.717, 1.165) is 31.6 Å². The summed E-state index contributed by atoms with van der Waals surface area (Å²) < 4.78 is 14.0. The molecular weight excluding hydrogens is 477 g/mol. The number of hydrogen-bond acceptors (Lipinski definition) is 3. The zero-order valence-corrected chi connectivity index (χ0v) is 27.4. The van der Waals surface area contributed by atoms with Crippen molar-refractivity contribution in [1.29, 1.82) is 0 Å². The Bertz CT molecular complexity index is 825. The molecule has 0 aromatic carbocycles. The number of ketones is 1. The average Bonchev–Trinajstić information content (AvgIpc) is 3.23. The predicted molar refractivity (Wildman–Crippen MR) is 157 cm³/mol. The Morgan fingerprint density at radius 2 is 1.50 bits per heavy atom. The van der Waals surface area contributed by atoms with Gasteiger partial charge in [-0.05, 0) is 73.8 Å². The molecule has 0 saturated heterocycles. The molecule has 3 aliphatic carbocycles. The van der Waals surface area contributed by atoms with E-state index in [9.17, 15) is 4.79 Å². The molecule has 3 nitrogen and oxygen atoms in total. The van der Waals surface area contributed by atoms with Crippen LogP contribution in [-0.4, -0.2) is 34.6 Å². The van der Waals surface area contributed by atoms with Crippen LogP contribution in [0.1, 0.15) is 99.8 Å². The molecule has 36 heavy (non-hydrogen) atoms. The van der Waals surface area contributed by atoms with Gasteiger partial charge in [-0.2, -0.15) is 0 Å². The standard InChI is InChI=1S/C31H56O3Si2/c1-12-24-28-25(27(20-19-26(28)29(24)32)34-36(10,11)31(5,6)7)18-17-23(21-22-15-13-14-16-22)33-35(8,9)30(2,3)4/h22-28H,12-16,19-21H2,1-11H3/t23-,24?,25-,26-,27+,28+/m1/s1. The third-order valence-corrected chi connectivity index (χ3v) is 19.6. The lowest BCUT2D eigenvalue weighted by Crippen LogP contribution is -2.58. The van der Waals surface area contributed by atoms with Crippen LogP contribution in [-0.2, 0) is 13.6 Å². The van der Waals surface area contributed by atoms with Crippen LogP contribution in [0.3, 0.4) is 0 Å². The van der Waals surface area contributed by atoms with Gasteiger partial charge in [0.15, 0.2) is 16.6 Å². The molecule has 3 aliphatic rings. The van der Waals surface area contributed by atoms with Crippen LogP contribution in [0.2, 0.25) is 36.3 Å². The van der Waals surface area contributed by atoms with Gasteiger partial charge < -0.3 is 8.85 Å². The van der Waals surface area contributed by atoms with Crippen LogP contribution in [0.5, 0.6) is 0 Å². The van der Waals surface area contributed by atoms with Gasteiger partial charge in [-0.25, -0.2) is 0 Å². The van der Waals surface area contributed by atoms with E-state index in [1.807, 2.05) is 0 Å². The summed E-state index contributed by atoms with van der Waals surface area (Å²) in [4.78, 5) is 12.9. The highest BCUT2D eigenvalue weighted by atomic mass is 28.4. The molecule has 1 unspecified atom stereocenters. The number of hydrogen-bond donors (Lipinski definition) is 0. The Morgan fingerprint density at radius 3 is 2.03 bits per heavy atom. The van der Waals surface area contributed by atoms with Crippen molar-refractivity contribution < 1.29 is 13.6 Å². The van der Waals surface area contributed by atoms with Crippen LogP contribution in [0.15, 0.2) is 0 Å². The second-order valence-electron chi connectivity index (χ2n) is 15.2. The highest BCUT2D eigenvalue weighted by Crippen LogP contribution is 2.53. The van der Waals surface area contributed by atoms with Gasteiger partial charge in [0.05, 0.1) is 6.10 Å². The molecule has 6 atom stereocenters. The van der Waals surface area contributed by atoms with Gasteiger partial charge in [0, 0.05) is 17.8 Å². The zero-order chi connectivity index (χ0) is 27.1. The van der Waals surface area contributed by atoms with Crippen LogP contribution in [0.4, 0.5) is 0 Å². The van der Waals surface area contributed by atoms with E-state index < -0.39 is 16.6 Å². The van der Waals surface area contributed by atoms with Crippen molar-refractivity contribution in [3.05, 3.63) is 0 Å². The van der Waals surface area contributed by atoms with Crippen LogP contribution >= 0.6 is 0 Å². The minimum atomic E-state index is -1.94. The monoisotopic (exact) mass is 532 g/mol. The van der Waals surface area contributed by atoms with E-state index in [1.54, 1.807) is 0 Å². The molecule has 0 N–H and O–H groups in total. The van der Waals surface area contributed by atoms with E-state index in [2.05, 4.69) is 86.5 Å². The smallest absolute Gasteiger partial charge is 0.193 e. The topological polar surface area (TPSA) is 35.5 Å². The van der Waals surface area contributed by atoms with Gasteiger partial charge in [-0.3, -0.25) is 4.79 Å². The van der Waals surface area contributed by atoms with E-state index in [0.29, 0.717) is 11.7 Å². The molecule has 0 aromatic heterocycles. The molecule has 0 aliphatic heterocycles. The Hall–Kier alpha value is -0.416. The van der Waals surface area contributed by atoms with Gasteiger partial charge in [-0.15, -0.1) is 0 Å². The number of fused-ring (bicyclic) bond motifs is 1. The van der Waals surface area contributed by atoms with E-state index >= 15 is 0 Å². The first-order chi connectivity index (χ1) is 16.5. The first-order valence-electron chi connectivity index (χ1n) is 14.9. The van der Waals surface area contributed by atoms with Crippen molar-refractivity contribution in [1.82, 2.24) is 0 Å². The molecule has 0 aromatic rings. The van der Waals surface area contributed by atoms with Crippen molar-refractivity contribution in [2.24, 2.45) is 29.6 Å². The Balaban J connectivity index is 1.92. The molecule has 0 spiro atoms. The normalized spacial score (nSPS) is 30.9. The van der Waals surface area contributed by atoms with Crippen molar-refractivity contribution in [3.63, 3.8) is 0 Å². The summed E-state index contributed by atoms with van der Waals surface area (Å²) in [6, 6.07) is 0. The van der Waals surface area contributed by atoms with Crippen LogP contribution < -0.4 is 0 Å². The summed E-state index contributed by atoms with van der Waals surface area (Å²) in [7, 11) is -3.87. The summed E-state index contributed by atoms with van der Waals surface area (Å²) >= 11 is 0. The molecule has 3 fully saturated rings. The largest absolute Gasteiger partial charge is 0.413 e. The fraction of sp³-hybridized carbons (Fsp3) is 0.903. The Morgan fingerprint density at radius 1 is 0.917 bits per heavy atom. The first kappa shape index (κ1) is 30.1. The van der Waals surface area contributed by atoms with Crippen molar-refractivity contribution in [3.8, 4) is 11.8 Å². The van der Waals surface area contributed by atoms with Crippen LogP contribution in [0, 0.1) is 41.4 Å². The Labute approximate surface area is 225 Å². The second-order valence-corrected chi connectivity index (χ2v) is 24.7. The molecule has 0 heterocycles. The van der Waals surface area contributed by atoms with Gasteiger partial charge in [-0.1, -0.05) is 86.0 Å². The summed E-state index contributed by atoms with van der Waals surface area (Å²) in [6.07, 6.45) is 9.39. The Kier molecular flexibility index (Phi) is 9.20. The first-order valence-corrected chi connectivity index (χ1v) is 20.7. The van der Waals surface area contributed by atoms with Gasteiger partial charge >= 0.3 is 0 Å². The third kappa shape index (κ3) is 6.41. The molecule has 5 heteroatoms. The number of Topliss-reactive ketones (excluding diaryl/α,β-unsaturated/α-hetero) is 1. The quantitative estimate of drug-likeness (QED) is 0.243. The minimum Gasteiger partial charge on any atom is -0.413 e. The second kappa shape index (κ2) is 11.0. The molecular formula is C31H56O3Si2. The number of carbonyl (C=O) groups is 1. The van der Waals surface area contributed by atoms with Crippen molar-refractivity contribution >= 4 is 22.4 Å². The fourth-order valence-corrected chi connectivity index (χ4v) is 8.77. The number of carbonyl (C=O) groups excluding carboxylic acids is 1. The maximum Gasteiger partial charge on any atom is 0.193 e.